The minimum absolute atomic E-state index is 0.0147. The van der Waals surface area contributed by atoms with Gasteiger partial charge in [0.15, 0.2) is 5.78 Å². The normalized spacial score (nSPS) is 13.8. The maximum Gasteiger partial charge on any atom is 0.229 e. The highest BCUT2D eigenvalue weighted by molar-refractivity contribution is 6.01. The lowest BCUT2D eigenvalue weighted by atomic mass is 10.1. The van der Waals surface area contributed by atoms with Gasteiger partial charge in [0, 0.05) is 37.1 Å². The molecule has 6 nitrogen and oxygen atoms in total. The van der Waals surface area contributed by atoms with E-state index < -0.39 is 0 Å². The van der Waals surface area contributed by atoms with Crippen LogP contribution in [-0.2, 0) is 14.4 Å². The van der Waals surface area contributed by atoms with Gasteiger partial charge in [0.05, 0.1) is 0 Å². The number of rotatable bonds is 13. The highest BCUT2D eigenvalue weighted by atomic mass is 16.2. The summed E-state index contributed by atoms with van der Waals surface area (Å²) in [6.45, 7) is 2.08. The van der Waals surface area contributed by atoms with Crippen LogP contribution in [0.25, 0.3) is 0 Å². The summed E-state index contributed by atoms with van der Waals surface area (Å²) in [6.07, 6.45) is 9.57. The number of hydrogen-bond donors (Lipinski definition) is 1. The number of anilines is 1. The van der Waals surface area contributed by atoms with Gasteiger partial charge in [-0.2, -0.15) is 0 Å². The van der Waals surface area contributed by atoms with Crippen molar-refractivity contribution < 1.29 is 19.2 Å². The summed E-state index contributed by atoms with van der Waals surface area (Å²) in [5, 5.41) is 2.85. The monoisotopic (exact) mass is 400 g/mol. The van der Waals surface area contributed by atoms with E-state index in [1.807, 2.05) is 0 Å². The Hall–Kier alpha value is -2.50. The molecular weight excluding hydrogens is 368 g/mol. The van der Waals surface area contributed by atoms with Crippen LogP contribution in [0.5, 0.6) is 0 Å². The highest BCUT2D eigenvalue weighted by Gasteiger charge is 2.27. The van der Waals surface area contributed by atoms with E-state index in [1.54, 1.807) is 24.3 Å². The van der Waals surface area contributed by atoms with Crippen molar-refractivity contribution in [3.8, 4) is 0 Å². The Balaban J connectivity index is 1.45. The summed E-state index contributed by atoms with van der Waals surface area (Å²) in [7, 11) is 0. The molecule has 0 spiro atoms. The second-order valence-electron chi connectivity index (χ2n) is 7.70. The summed E-state index contributed by atoms with van der Waals surface area (Å²) in [6, 6.07) is 7.01. The van der Waals surface area contributed by atoms with Gasteiger partial charge in [-0.25, -0.2) is 0 Å². The SMILES string of the molecule is CC(=O)c1cccc(NC(=O)CCCCCCCCCCN2C(=O)CCC2=O)c1. The second-order valence-corrected chi connectivity index (χ2v) is 7.70. The van der Waals surface area contributed by atoms with E-state index in [4.69, 9.17) is 0 Å². The zero-order valence-electron chi connectivity index (χ0n) is 17.4. The van der Waals surface area contributed by atoms with Crippen LogP contribution in [0, 0.1) is 0 Å². The molecule has 1 aromatic carbocycles. The predicted molar refractivity (Wildman–Crippen MR) is 113 cm³/mol. The molecule has 6 heteroatoms. The van der Waals surface area contributed by atoms with Crippen LogP contribution >= 0.6 is 0 Å². The van der Waals surface area contributed by atoms with Crippen LogP contribution in [0.4, 0.5) is 5.69 Å². The Morgan fingerprint density at radius 3 is 2.10 bits per heavy atom. The van der Waals surface area contributed by atoms with Crippen molar-refractivity contribution in [1.82, 2.24) is 4.90 Å². The summed E-state index contributed by atoms with van der Waals surface area (Å²) in [4.78, 5) is 47.8. The molecule has 0 unspecified atom stereocenters. The molecule has 0 aromatic heterocycles. The third kappa shape index (κ3) is 8.18. The van der Waals surface area contributed by atoms with Gasteiger partial charge >= 0.3 is 0 Å². The first-order chi connectivity index (χ1) is 14.0. The van der Waals surface area contributed by atoms with E-state index in [-0.39, 0.29) is 23.5 Å². The molecule has 2 rings (SSSR count). The van der Waals surface area contributed by atoms with Gasteiger partial charge in [-0.1, -0.05) is 50.7 Å². The zero-order chi connectivity index (χ0) is 21.1. The summed E-state index contributed by atoms with van der Waals surface area (Å²) >= 11 is 0. The van der Waals surface area contributed by atoms with Crippen molar-refractivity contribution in [2.75, 3.05) is 11.9 Å². The lowest BCUT2D eigenvalue weighted by molar-refractivity contribution is -0.138. The number of Topliss-reactive ketones (excluding diaryl/α,β-unsaturated/α-hetero) is 1. The van der Waals surface area contributed by atoms with E-state index in [0.717, 1.165) is 51.4 Å². The molecule has 0 bridgehead atoms. The fourth-order valence-corrected chi connectivity index (χ4v) is 3.53. The van der Waals surface area contributed by atoms with Crippen LogP contribution in [0.2, 0.25) is 0 Å². The molecule has 1 saturated heterocycles. The number of hydrogen-bond acceptors (Lipinski definition) is 4. The second kappa shape index (κ2) is 12.1. The van der Waals surface area contributed by atoms with Gasteiger partial charge in [-0.05, 0) is 31.9 Å². The van der Waals surface area contributed by atoms with E-state index in [9.17, 15) is 19.2 Å². The number of likely N-dealkylation sites (tertiary alicyclic amines) is 1. The number of nitrogens with zero attached hydrogens (tertiary/aromatic N) is 1. The van der Waals surface area contributed by atoms with Crippen LogP contribution in [-0.4, -0.2) is 34.9 Å². The van der Waals surface area contributed by atoms with Gasteiger partial charge < -0.3 is 5.32 Å². The standard InChI is InChI=1S/C23H32N2O4/c1-18(26)19-11-10-12-20(17-19)24-21(27)13-8-6-4-2-3-5-7-9-16-25-22(28)14-15-23(25)29/h10-12,17H,2-9,13-16H2,1H3,(H,24,27). The van der Waals surface area contributed by atoms with Crippen molar-refractivity contribution in [1.29, 1.82) is 0 Å². The van der Waals surface area contributed by atoms with Crippen LogP contribution in [0.3, 0.4) is 0 Å². The zero-order valence-corrected chi connectivity index (χ0v) is 17.4. The minimum atomic E-state index is -0.0226. The Labute approximate surface area is 173 Å². The Morgan fingerprint density at radius 2 is 1.48 bits per heavy atom. The first-order valence-corrected chi connectivity index (χ1v) is 10.7. The van der Waals surface area contributed by atoms with Crippen LogP contribution < -0.4 is 5.32 Å². The number of nitrogens with one attached hydrogen (secondary N) is 1. The number of amides is 3. The average Bonchev–Trinajstić information content (AvgIpc) is 3.01. The van der Waals surface area contributed by atoms with E-state index >= 15 is 0 Å². The molecule has 0 aliphatic carbocycles. The lowest BCUT2D eigenvalue weighted by Gasteiger charge is -2.13. The molecule has 29 heavy (non-hydrogen) atoms. The molecule has 0 saturated carbocycles. The molecule has 1 N–H and O–H groups in total. The topological polar surface area (TPSA) is 83.6 Å². The molecule has 1 fully saturated rings. The van der Waals surface area contributed by atoms with E-state index in [2.05, 4.69) is 5.32 Å². The van der Waals surface area contributed by atoms with Gasteiger partial charge in [0.2, 0.25) is 17.7 Å². The highest BCUT2D eigenvalue weighted by Crippen LogP contribution is 2.15. The maximum absolute atomic E-state index is 12.0. The van der Waals surface area contributed by atoms with Crippen LogP contribution in [0.1, 0.15) is 87.9 Å². The third-order valence-corrected chi connectivity index (χ3v) is 5.24. The molecule has 3 amide bonds. The van der Waals surface area contributed by atoms with E-state index in [1.165, 1.54) is 11.8 Å². The van der Waals surface area contributed by atoms with Crippen molar-refractivity contribution in [2.45, 2.75) is 77.6 Å². The molecule has 158 valence electrons. The number of unbranched alkanes of at least 4 members (excludes halogenated alkanes) is 7. The average molecular weight is 401 g/mol. The fraction of sp³-hybridized carbons (Fsp3) is 0.565. The lowest BCUT2D eigenvalue weighted by Crippen LogP contribution is -2.29. The quantitative estimate of drug-likeness (QED) is 0.300. The van der Waals surface area contributed by atoms with Crippen LogP contribution in [0.15, 0.2) is 24.3 Å². The molecule has 1 aliphatic heterocycles. The van der Waals surface area contributed by atoms with Crippen molar-refractivity contribution in [3.63, 3.8) is 0 Å². The third-order valence-electron chi connectivity index (χ3n) is 5.24. The fourth-order valence-electron chi connectivity index (χ4n) is 3.53. The number of benzene rings is 1. The van der Waals surface area contributed by atoms with Gasteiger partial charge in [-0.15, -0.1) is 0 Å². The molecule has 1 aliphatic rings. The largest absolute Gasteiger partial charge is 0.326 e. The molecule has 0 atom stereocenters. The maximum atomic E-state index is 12.0. The first kappa shape index (κ1) is 22.8. The molecular formula is C23H32N2O4. The summed E-state index contributed by atoms with van der Waals surface area (Å²) in [5.74, 6) is -0.0768. The molecule has 1 aromatic rings. The Morgan fingerprint density at radius 1 is 0.897 bits per heavy atom. The predicted octanol–water partition coefficient (Wildman–Crippen LogP) is 4.49. The number of carbonyl (C=O) groups excluding carboxylic acids is 4. The molecule has 0 radical (unpaired) electrons. The first-order valence-electron chi connectivity index (χ1n) is 10.7. The summed E-state index contributed by atoms with van der Waals surface area (Å²) < 4.78 is 0. The smallest absolute Gasteiger partial charge is 0.229 e. The number of imide groups is 1. The molecule has 1 heterocycles. The van der Waals surface area contributed by atoms with Crippen molar-refractivity contribution >= 4 is 29.2 Å². The van der Waals surface area contributed by atoms with Crippen molar-refractivity contribution in [2.24, 2.45) is 0 Å². The Kier molecular flexibility index (Phi) is 9.54. The van der Waals surface area contributed by atoms with Crippen molar-refractivity contribution in [3.05, 3.63) is 29.8 Å². The number of carbonyl (C=O) groups is 4. The van der Waals surface area contributed by atoms with E-state index in [0.29, 0.717) is 37.1 Å². The summed E-state index contributed by atoms with van der Waals surface area (Å²) in [5.41, 5.74) is 1.27. The van der Waals surface area contributed by atoms with Gasteiger partial charge in [-0.3, -0.25) is 24.1 Å². The van der Waals surface area contributed by atoms with Gasteiger partial charge in [0.25, 0.3) is 0 Å². The van der Waals surface area contributed by atoms with Gasteiger partial charge in [0.1, 0.15) is 0 Å². The Bertz CT molecular complexity index is 713. The number of ketones is 1. The minimum Gasteiger partial charge on any atom is -0.326 e.